The second kappa shape index (κ2) is 9.75. The van der Waals surface area contributed by atoms with E-state index in [1.165, 1.54) is 6.42 Å². The predicted octanol–water partition coefficient (Wildman–Crippen LogP) is 2.25. The highest BCUT2D eigenvalue weighted by Crippen LogP contribution is 2.16. The normalized spacial score (nSPS) is 21.6. The van der Waals surface area contributed by atoms with Gasteiger partial charge in [0.05, 0.1) is 12.7 Å². The van der Waals surface area contributed by atoms with Gasteiger partial charge in [-0.05, 0) is 32.1 Å². The third-order valence-corrected chi connectivity index (χ3v) is 3.82. The molecule has 0 radical (unpaired) electrons. The van der Waals surface area contributed by atoms with Crippen LogP contribution in [-0.4, -0.2) is 43.7 Å². The predicted molar refractivity (Wildman–Crippen MR) is 75.0 cm³/mol. The van der Waals surface area contributed by atoms with Gasteiger partial charge in [0.1, 0.15) is 0 Å². The summed E-state index contributed by atoms with van der Waals surface area (Å²) in [5, 5.41) is 2.93. The van der Waals surface area contributed by atoms with Crippen LogP contribution in [0.25, 0.3) is 0 Å². The van der Waals surface area contributed by atoms with Crippen LogP contribution in [0.3, 0.4) is 0 Å². The van der Waals surface area contributed by atoms with E-state index in [4.69, 9.17) is 9.47 Å². The molecule has 0 spiro atoms. The number of carbonyl (C=O) groups excluding carboxylic acids is 1. The van der Waals surface area contributed by atoms with Gasteiger partial charge in [-0.2, -0.15) is 0 Å². The third-order valence-electron chi connectivity index (χ3n) is 3.09. The molecular weight excluding hydrogens is 298 g/mol. The summed E-state index contributed by atoms with van der Waals surface area (Å²) in [4.78, 5) is 11.9. The summed E-state index contributed by atoms with van der Waals surface area (Å²) in [6, 6.07) is 0. The molecule has 2 unspecified atom stereocenters. The molecule has 18 heavy (non-hydrogen) atoms. The Morgan fingerprint density at radius 2 is 2.39 bits per heavy atom. The monoisotopic (exact) mass is 321 g/mol. The van der Waals surface area contributed by atoms with Crippen molar-refractivity contribution >= 4 is 21.8 Å². The summed E-state index contributed by atoms with van der Waals surface area (Å²) in [6.45, 7) is 2.23. The number of carbonyl (C=O) groups is 1. The Bertz CT molecular complexity index is 232. The topological polar surface area (TPSA) is 47.6 Å². The standard InChI is InChI=1S/C13H24BrNO3/c1-17-10-11(14)7-8-15-13(16)6-5-12-4-2-3-9-18-12/h11-12H,2-10H2,1H3,(H,15,16). The van der Waals surface area contributed by atoms with Crippen molar-refractivity contribution < 1.29 is 14.3 Å². The maximum absolute atomic E-state index is 11.6. The second-order valence-electron chi connectivity index (χ2n) is 4.72. The fourth-order valence-electron chi connectivity index (χ4n) is 2.05. The number of hydrogen-bond donors (Lipinski definition) is 1. The van der Waals surface area contributed by atoms with Crippen LogP contribution in [0, 0.1) is 0 Å². The zero-order valence-electron chi connectivity index (χ0n) is 11.1. The number of hydrogen-bond acceptors (Lipinski definition) is 3. The summed E-state index contributed by atoms with van der Waals surface area (Å²) >= 11 is 3.49. The summed E-state index contributed by atoms with van der Waals surface area (Å²) < 4.78 is 10.6. The van der Waals surface area contributed by atoms with Gasteiger partial charge in [0.15, 0.2) is 0 Å². The molecule has 1 aliphatic rings. The molecule has 2 atom stereocenters. The molecule has 1 amide bonds. The van der Waals surface area contributed by atoms with Crippen molar-refractivity contribution in [2.45, 2.75) is 49.5 Å². The molecule has 0 aromatic rings. The van der Waals surface area contributed by atoms with Gasteiger partial charge in [0.25, 0.3) is 0 Å². The molecule has 106 valence electrons. The average molecular weight is 322 g/mol. The first-order chi connectivity index (χ1) is 8.72. The van der Waals surface area contributed by atoms with Crippen LogP contribution in [0.5, 0.6) is 0 Å². The van der Waals surface area contributed by atoms with E-state index in [1.807, 2.05) is 0 Å². The van der Waals surface area contributed by atoms with E-state index < -0.39 is 0 Å². The van der Waals surface area contributed by atoms with Gasteiger partial charge in [-0.1, -0.05) is 15.9 Å². The number of halogens is 1. The largest absolute Gasteiger partial charge is 0.384 e. The van der Waals surface area contributed by atoms with Crippen molar-refractivity contribution in [3.05, 3.63) is 0 Å². The van der Waals surface area contributed by atoms with Gasteiger partial charge in [-0.25, -0.2) is 0 Å². The van der Waals surface area contributed by atoms with Crippen molar-refractivity contribution in [3.8, 4) is 0 Å². The lowest BCUT2D eigenvalue weighted by Crippen LogP contribution is -2.28. The van der Waals surface area contributed by atoms with E-state index >= 15 is 0 Å². The molecule has 1 aliphatic heterocycles. The molecule has 0 aromatic heterocycles. The Morgan fingerprint density at radius 1 is 1.56 bits per heavy atom. The Morgan fingerprint density at radius 3 is 3.06 bits per heavy atom. The van der Waals surface area contributed by atoms with Crippen molar-refractivity contribution in [3.63, 3.8) is 0 Å². The van der Waals surface area contributed by atoms with E-state index in [9.17, 15) is 4.79 Å². The van der Waals surface area contributed by atoms with Gasteiger partial charge in [0.2, 0.25) is 5.91 Å². The number of alkyl halides is 1. The first-order valence-corrected chi connectivity index (χ1v) is 7.65. The molecule has 0 bridgehead atoms. The van der Waals surface area contributed by atoms with Crippen LogP contribution in [-0.2, 0) is 14.3 Å². The number of nitrogens with one attached hydrogen (secondary N) is 1. The maximum Gasteiger partial charge on any atom is 0.220 e. The van der Waals surface area contributed by atoms with E-state index in [1.54, 1.807) is 7.11 Å². The van der Waals surface area contributed by atoms with E-state index in [0.29, 0.717) is 30.5 Å². The van der Waals surface area contributed by atoms with Crippen LogP contribution in [0.2, 0.25) is 0 Å². The van der Waals surface area contributed by atoms with E-state index in [-0.39, 0.29) is 5.91 Å². The molecule has 1 rings (SSSR count). The SMILES string of the molecule is COCC(Br)CCNC(=O)CCC1CCCCO1. The van der Waals surface area contributed by atoms with E-state index in [2.05, 4.69) is 21.2 Å². The molecule has 4 nitrogen and oxygen atoms in total. The van der Waals surface area contributed by atoms with Gasteiger partial charge < -0.3 is 14.8 Å². The zero-order valence-corrected chi connectivity index (χ0v) is 12.7. The van der Waals surface area contributed by atoms with Crippen LogP contribution in [0.4, 0.5) is 0 Å². The molecule has 5 heteroatoms. The van der Waals surface area contributed by atoms with Gasteiger partial charge in [-0.3, -0.25) is 4.79 Å². The lowest BCUT2D eigenvalue weighted by atomic mass is 10.0. The lowest BCUT2D eigenvalue weighted by Gasteiger charge is -2.22. The number of amides is 1. The summed E-state index contributed by atoms with van der Waals surface area (Å²) in [7, 11) is 1.68. The first kappa shape index (κ1) is 15.9. The quantitative estimate of drug-likeness (QED) is 0.697. The number of ether oxygens (including phenoxy) is 2. The molecular formula is C13H24BrNO3. The van der Waals surface area contributed by atoms with Crippen molar-refractivity contribution in [2.24, 2.45) is 0 Å². The highest BCUT2D eigenvalue weighted by Gasteiger charge is 2.15. The van der Waals surface area contributed by atoms with Gasteiger partial charge in [-0.15, -0.1) is 0 Å². The number of methoxy groups -OCH3 is 1. The Kier molecular flexibility index (Phi) is 8.63. The smallest absolute Gasteiger partial charge is 0.220 e. The molecule has 1 N–H and O–H groups in total. The highest BCUT2D eigenvalue weighted by atomic mass is 79.9. The lowest BCUT2D eigenvalue weighted by molar-refractivity contribution is -0.122. The molecule has 1 heterocycles. The maximum atomic E-state index is 11.6. The summed E-state index contributed by atoms with van der Waals surface area (Å²) in [5.41, 5.74) is 0. The van der Waals surface area contributed by atoms with Crippen LogP contribution < -0.4 is 5.32 Å². The van der Waals surface area contributed by atoms with Gasteiger partial charge >= 0.3 is 0 Å². The van der Waals surface area contributed by atoms with Crippen LogP contribution in [0.15, 0.2) is 0 Å². The number of rotatable bonds is 8. The third kappa shape index (κ3) is 7.34. The second-order valence-corrected chi connectivity index (χ2v) is 6.01. The van der Waals surface area contributed by atoms with Crippen molar-refractivity contribution in [1.29, 1.82) is 0 Å². The Balaban J connectivity index is 1.99. The fourth-order valence-corrected chi connectivity index (χ4v) is 2.54. The van der Waals surface area contributed by atoms with Gasteiger partial charge in [0, 0.05) is 31.5 Å². The Labute approximate surface area is 118 Å². The Hall–Kier alpha value is -0.130. The van der Waals surface area contributed by atoms with Crippen LogP contribution >= 0.6 is 15.9 Å². The van der Waals surface area contributed by atoms with Crippen molar-refractivity contribution in [1.82, 2.24) is 5.32 Å². The first-order valence-electron chi connectivity index (χ1n) is 6.73. The minimum absolute atomic E-state index is 0.126. The average Bonchev–Trinajstić information content (AvgIpc) is 2.38. The minimum Gasteiger partial charge on any atom is -0.384 e. The minimum atomic E-state index is 0.126. The zero-order chi connectivity index (χ0) is 13.2. The molecule has 0 aromatic carbocycles. The molecule has 0 saturated carbocycles. The molecule has 1 fully saturated rings. The molecule has 1 saturated heterocycles. The summed E-state index contributed by atoms with van der Waals surface area (Å²) in [6.07, 6.45) is 6.10. The van der Waals surface area contributed by atoms with Crippen molar-refractivity contribution in [2.75, 3.05) is 26.9 Å². The fraction of sp³-hybridized carbons (Fsp3) is 0.923. The highest BCUT2D eigenvalue weighted by molar-refractivity contribution is 9.09. The summed E-state index contributed by atoms with van der Waals surface area (Å²) in [5.74, 6) is 0.126. The van der Waals surface area contributed by atoms with E-state index in [0.717, 1.165) is 32.3 Å². The molecule has 0 aliphatic carbocycles. The van der Waals surface area contributed by atoms with Crippen LogP contribution in [0.1, 0.15) is 38.5 Å².